The Hall–Kier alpha value is -1.12. The maximum Gasteiger partial charge on any atom is 0.235 e. The fourth-order valence-electron chi connectivity index (χ4n) is 2.44. The number of carbonyl (C=O) groups is 1. The molecule has 2 rings (SSSR count). The maximum absolute atomic E-state index is 12.4. The van der Waals surface area contributed by atoms with E-state index in [1.54, 1.807) is 18.2 Å². The van der Waals surface area contributed by atoms with Crippen LogP contribution in [0.15, 0.2) is 46.9 Å². The number of nitrogens with zero attached hydrogens (tertiary/aromatic N) is 1. The van der Waals surface area contributed by atoms with Gasteiger partial charge < -0.3 is 5.32 Å². The summed E-state index contributed by atoms with van der Waals surface area (Å²) < 4.78 is 26.2. The molecule has 1 unspecified atom stereocenters. The average Bonchev–Trinajstić information content (AvgIpc) is 2.56. The van der Waals surface area contributed by atoms with Crippen molar-refractivity contribution in [3.05, 3.63) is 68.1 Å². The van der Waals surface area contributed by atoms with E-state index in [2.05, 4.69) is 21.2 Å². The first kappa shape index (κ1) is 22.2. The largest absolute Gasteiger partial charge is 0.348 e. The Morgan fingerprint density at radius 2 is 1.89 bits per heavy atom. The summed E-state index contributed by atoms with van der Waals surface area (Å²) in [6.07, 6.45) is 1.07. The number of benzene rings is 2. The second kappa shape index (κ2) is 9.39. The van der Waals surface area contributed by atoms with E-state index < -0.39 is 15.9 Å². The van der Waals surface area contributed by atoms with Gasteiger partial charge in [0, 0.05) is 11.0 Å². The Bertz CT molecular complexity index is 938. The van der Waals surface area contributed by atoms with Crippen LogP contribution in [0.4, 0.5) is 0 Å². The van der Waals surface area contributed by atoms with Crippen molar-refractivity contribution in [3.63, 3.8) is 0 Å². The predicted octanol–water partition coefficient (Wildman–Crippen LogP) is 4.39. The lowest BCUT2D eigenvalue weighted by molar-refractivity contribution is -0.122. The molecule has 0 radical (unpaired) electrons. The predicted molar refractivity (Wildman–Crippen MR) is 112 cm³/mol. The van der Waals surface area contributed by atoms with Gasteiger partial charge in [0.1, 0.15) is 0 Å². The molecule has 0 bridgehead atoms. The summed E-state index contributed by atoms with van der Waals surface area (Å²) in [5, 5.41) is 3.53. The molecule has 0 fully saturated rings. The number of nitrogens with one attached hydrogen (secondary N) is 1. The summed E-state index contributed by atoms with van der Waals surface area (Å²) in [5.41, 5.74) is 1.55. The fourth-order valence-corrected chi connectivity index (χ4v) is 3.91. The van der Waals surface area contributed by atoms with Gasteiger partial charge in [-0.25, -0.2) is 8.42 Å². The van der Waals surface area contributed by atoms with Crippen LogP contribution in [0, 0.1) is 0 Å². The highest BCUT2D eigenvalue weighted by atomic mass is 79.9. The molecular formula is C18H19BrCl2N2O3S. The Morgan fingerprint density at radius 1 is 1.19 bits per heavy atom. The van der Waals surface area contributed by atoms with Crippen molar-refractivity contribution < 1.29 is 13.2 Å². The molecular weight excluding hydrogens is 475 g/mol. The molecule has 0 aliphatic carbocycles. The number of amides is 1. The van der Waals surface area contributed by atoms with Crippen molar-refractivity contribution in [1.29, 1.82) is 0 Å². The molecule has 0 spiro atoms. The minimum Gasteiger partial charge on any atom is -0.348 e. The SMILES string of the molecule is CC(NC(=O)CN(Cc1ccc(Cl)c(Cl)c1)S(C)(=O)=O)c1cccc(Br)c1. The zero-order chi connectivity index (χ0) is 20.2. The standard InChI is InChI=1S/C18H19BrCl2N2O3S/c1-12(14-4-3-5-15(19)9-14)22-18(24)11-23(27(2,25)26)10-13-6-7-16(20)17(21)8-13/h3-9,12H,10-11H2,1-2H3,(H,22,24). The highest BCUT2D eigenvalue weighted by Gasteiger charge is 2.22. The molecule has 9 heteroatoms. The summed E-state index contributed by atoms with van der Waals surface area (Å²) >= 11 is 15.3. The Kier molecular flexibility index (Phi) is 7.71. The van der Waals surface area contributed by atoms with E-state index in [0.717, 1.165) is 20.6 Å². The number of halogens is 3. The summed E-state index contributed by atoms with van der Waals surface area (Å²) in [7, 11) is -3.60. The van der Waals surface area contributed by atoms with Crippen LogP contribution in [0.3, 0.4) is 0 Å². The van der Waals surface area contributed by atoms with Crippen molar-refractivity contribution >= 4 is 55.1 Å². The van der Waals surface area contributed by atoms with Crippen LogP contribution in [0.2, 0.25) is 10.0 Å². The minimum absolute atomic E-state index is 0.0222. The lowest BCUT2D eigenvalue weighted by atomic mass is 10.1. The van der Waals surface area contributed by atoms with Gasteiger partial charge in [-0.2, -0.15) is 4.31 Å². The third-order valence-electron chi connectivity index (χ3n) is 3.86. The van der Waals surface area contributed by atoms with Gasteiger partial charge >= 0.3 is 0 Å². The first-order chi connectivity index (χ1) is 12.6. The normalized spacial score (nSPS) is 12.8. The van der Waals surface area contributed by atoms with Crippen molar-refractivity contribution in [2.45, 2.75) is 19.5 Å². The number of sulfonamides is 1. The topological polar surface area (TPSA) is 66.5 Å². The molecule has 2 aromatic carbocycles. The van der Waals surface area contributed by atoms with Crippen LogP contribution in [-0.2, 0) is 21.4 Å². The summed E-state index contributed by atoms with van der Waals surface area (Å²) in [6.45, 7) is 1.56. The van der Waals surface area contributed by atoms with Gasteiger partial charge in [0.25, 0.3) is 0 Å². The zero-order valence-electron chi connectivity index (χ0n) is 14.7. The minimum atomic E-state index is -3.60. The van der Waals surface area contributed by atoms with E-state index in [9.17, 15) is 13.2 Å². The second-order valence-electron chi connectivity index (χ2n) is 6.12. The quantitative estimate of drug-likeness (QED) is 0.621. The third-order valence-corrected chi connectivity index (χ3v) is 6.29. The molecule has 146 valence electrons. The smallest absolute Gasteiger partial charge is 0.235 e. The lowest BCUT2D eigenvalue weighted by Gasteiger charge is -2.21. The molecule has 0 aromatic heterocycles. The monoisotopic (exact) mass is 492 g/mol. The Labute approximate surface area is 177 Å². The van der Waals surface area contributed by atoms with Crippen LogP contribution in [0.5, 0.6) is 0 Å². The van der Waals surface area contributed by atoms with Crippen molar-refractivity contribution in [2.24, 2.45) is 0 Å². The van der Waals surface area contributed by atoms with Gasteiger partial charge in [-0.3, -0.25) is 4.79 Å². The molecule has 0 aliphatic heterocycles. The van der Waals surface area contributed by atoms with Crippen LogP contribution in [0.25, 0.3) is 0 Å². The first-order valence-electron chi connectivity index (χ1n) is 8.00. The molecule has 1 atom stereocenters. The van der Waals surface area contributed by atoms with Gasteiger partial charge in [0.05, 0.1) is 28.9 Å². The van der Waals surface area contributed by atoms with E-state index in [0.29, 0.717) is 15.6 Å². The molecule has 1 N–H and O–H groups in total. The van der Waals surface area contributed by atoms with Crippen molar-refractivity contribution in [1.82, 2.24) is 9.62 Å². The van der Waals surface area contributed by atoms with E-state index in [1.807, 2.05) is 31.2 Å². The molecule has 2 aromatic rings. The Morgan fingerprint density at radius 3 is 2.48 bits per heavy atom. The van der Waals surface area contributed by atoms with E-state index in [4.69, 9.17) is 23.2 Å². The molecule has 0 heterocycles. The van der Waals surface area contributed by atoms with Crippen LogP contribution >= 0.6 is 39.1 Å². The zero-order valence-corrected chi connectivity index (χ0v) is 18.7. The van der Waals surface area contributed by atoms with E-state index >= 15 is 0 Å². The van der Waals surface area contributed by atoms with E-state index in [-0.39, 0.29) is 19.1 Å². The second-order valence-corrected chi connectivity index (χ2v) is 9.84. The number of rotatable bonds is 7. The van der Waals surface area contributed by atoms with Crippen LogP contribution in [0.1, 0.15) is 24.1 Å². The van der Waals surface area contributed by atoms with Gasteiger partial charge in [-0.05, 0) is 42.3 Å². The van der Waals surface area contributed by atoms with Gasteiger partial charge in [-0.1, -0.05) is 57.3 Å². The van der Waals surface area contributed by atoms with Gasteiger partial charge in [-0.15, -0.1) is 0 Å². The summed E-state index contributed by atoms with van der Waals surface area (Å²) in [6, 6.07) is 12.1. The number of carbonyl (C=O) groups excluding carboxylic acids is 1. The molecule has 0 aliphatic rings. The van der Waals surface area contributed by atoms with Crippen molar-refractivity contribution in [2.75, 3.05) is 12.8 Å². The van der Waals surface area contributed by atoms with Gasteiger partial charge in [0.15, 0.2) is 0 Å². The molecule has 0 saturated heterocycles. The third kappa shape index (κ3) is 6.76. The fraction of sp³-hybridized carbons (Fsp3) is 0.278. The Balaban J connectivity index is 2.09. The van der Waals surface area contributed by atoms with Crippen molar-refractivity contribution in [3.8, 4) is 0 Å². The number of hydrogen-bond acceptors (Lipinski definition) is 3. The molecule has 5 nitrogen and oxygen atoms in total. The molecule has 27 heavy (non-hydrogen) atoms. The van der Waals surface area contributed by atoms with E-state index in [1.165, 1.54) is 0 Å². The molecule has 1 amide bonds. The summed E-state index contributed by atoms with van der Waals surface area (Å²) in [5.74, 6) is -0.395. The summed E-state index contributed by atoms with van der Waals surface area (Å²) in [4.78, 5) is 12.4. The first-order valence-corrected chi connectivity index (χ1v) is 11.4. The van der Waals surface area contributed by atoms with Crippen LogP contribution in [-0.4, -0.2) is 31.4 Å². The highest BCUT2D eigenvalue weighted by Crippen LogP contribution is 2.24. The lowest BCUT2D eigenvalue weighted by Crippen LogP contribution is -2.40. The van der Waals surface area contributed by atoms with Gasteiger partial charge in [0.2, 0.25) is 15.9 Å². The maximum atomic E-state index is 12.4. The molecule has 0 saturated carbocycles. The average molecular weight is 494 g/mol. The highest BCUT2D eigenvalue weighted by molar-refractivity contribution is 9.10. The van der Waals surface area contributed by atoms with Crippen LogP contribution < -0.4 is 5.32 Å². The number of hydrogen-bond donors (Lipinski definition) is 1.